The Morgan fingerprint density at radius 3 is 2.50 bits per heavy atom. The topological polar surface area (TPSA) is 58.0 Å². The summed E-state index contributed by atoms with van der Waals surface area (Å²) in [6, 6.07) is 2.41. The van der Waals surface area contributed by atoms with E-state index in [0.717, 1.165) is 43.0 Å². The van der Waals surface area contributed by atoms with Gasteiger partial charge < -0.3 is 10.4 Å². The van der Waals surface area contributed by atoms with Crippen LogP contribution < -0.4 is 5.32 Å². The maximum absolute atomic E-state index is 9.43. The third-order valence-corrected chi connectivity index (χ3v) is 3.01. The molecule has 0 saturated heterocycles. The van der Waals surface area contributed by atoms with Crippen LogP contribution in [0.1, 0.15) is 37.2 Å². The van der Waals surface area contributed by atoms with Crippen molar-refractivity contribution >= 4 is 5.82 Å². The first kappa shape index (κ1) is 11.3. The molecule has 4 nitrogen and oxygen atoms in total. The molecule has 0 radical (unpaired) electrons. The fraction of sp³-hybridized carbons (Fsp3) is 0.667. The summed E-state index contributed by atoms with van der Waals surface area (Å²) in [6.07, 6.45) is 3.71. The zero-order valence-electron chi connectivity index (χ0n) is 9.90. The van der Waals surface area contributed by atoms with E-state index in [-0.39, 0.29) is 6.10 Å². The Morgan fingerprint density at radius 1 is 1.19 bits per heavy atom. The van der Waals surface area contributed by atoms with Crippen LogP contribution in [0.25, 0.3) is 0 Å². The lowest BCUT2D eigenvalue weighted by Crippen LogP contribution is -2.28. The molecule has 1 heterocycles. The van der Waals surface area contributed by atoms with E-state index in [0.29, 0.717) is 6.04 Å². The van der Waals surface area contributed by atoms with Gasteiger partial charge >= 0.3 is 0 Å². The van der Waals surface area contributed by atoms with Crippen LogP contribution in [0.5, 0.6) is 0 Å². The van der Waals surface area contributed by atoms with Gasteiger partial charge in [0.15, 0.2) is 0 Å². The molecule has 0 aromatic carbocycles. The molecular formula is C12H19N3O. The maximum atomic E-state index is 9.43. The van der Waals surface area contributed by atoms with Crippen LogP contribution in [0, 0.1) is 13.8 Å². The predicted octanol–water partition coefficient (Wildman–Crippen LogP) is 1.81. The normalized spacial score (nSPS) is 25.4. The van der Waals surface area contributed by atoms with Crippen molar-refractivity contribution in [2.24, 2.45) is 0 Å². The number of aliphatic hydroxyl groups excluding tert-OH is 1. The number of hydrogen-bond acceptors (Lipinski definition) is 4. The van der Waals surface area contributed by atoms with E-state index in [1.165, 1.54) is 0 Å². The average Bonchev–Trinajstić information content (AvgIpc) is 2.20. The first-order chi connectivity index (χ1) is 7.63. The summed E-state index contributed by atoms with van der Waals surface area (Å²) in [6.45, 7) is 3.88. The van der Waals surface area contributed by atoms with Crippen molar-refractivity contribution in [1.82, 2.24) is 9.97 Å². The molecule has 1 aliphatic rings. The van der Waals surface area contributed by atoms with Crippen molar-refractivity contribution in [2.45, 2.75) is 51.7 Å². The van der Waals surface area contributed by atoms with Gasteiger partial charge in [-0.05, 0) is 39.5 Å². The highest BCUT2D eigenvalue weighted by Crippen LogP contribution is 2.21. The predicted molar refractivity (Wildman–Crippen MR) is 63.4 cm³/mol. The Hall–Kier alpha value is -1.16. The molecule has 2 N–H and O–H groups in total. The number of rotatable bonds is 2. The second kappa shape index (κ2) is 4.78. The van der Waals surface area contributed by atoms with Crippen molar-refractivity contribution in [3.8, 4) is 0 Å². The number of aliphatic hydroxyl groups is 1. The lowest BCUT2D eigenvalue weighted by molar-refractivity contribution is 0.126. The molecule has 0 amide bonds. The molecule has 0 aliphatic heterocycles. The van der Waals surface area contributed by atoms with Gasteiger partial charge in [-0.3, -0.25) is 0 Å². The quantitative estimate of drug-likeness (QED) is 0.799. The van der Waals surface area contributed by atoms with Gasteiger partial charge in [0, 0.05) is 17.8 Å². The summed E-state index contributed by atoms with van der Waals surface area (Å²) in [5.41, 5.74) is 0.992. The minimum Gasteiger partial charge on any atom is -0.393 e. The summed E-state index contributed by atoms with van der Waals surface area (Å²) in [7, 11) is 0. The highest BCUT2D eigenvalue weighted by atomic mass is 16.3. The molecule has 1 saturated carbocycles. The summed E-state index contributed by atoms with van der Waals surface area (Å²) in [5, 5.41) is 12.8. The first-order valence-electron chi connectivity index (χ1n) is 5.90. The fourth-order valence-corrected chi connectivity index (χ4v) is 2.22. The van der Waals surface area contributed by atoms with Gasteiger partial charge in [-0.25, -0.2) is 9.97 Å². The molecule has 0 bridgehead atoms. The van der Waals surface area contributed by atoms with E-state index in [4.69, 9.17) is 0 Å². The van der Waals surface area contributed by atoms with E-state index in [9.17, 15) is 5.11 Å². The molecule has 2 rings (SSSR count). The van der Waals surface area contributed by atoms with Gasteiger partial charge in [-0.15, -0.1) is 0 Å². The molecule has 4 heteroatoms. The van der Waals surface area contributed by atoms with Gasteiger partial charge in [0.25, 0.3) is 0 Å². The fourth-order valence-electron chi connectivity index (χ4n) is 2.22. The van der Waals surface area contributed by atoms with Crippen molar-refractivity contribution < 1.29 is 5.11 Å². The average molecular weight is 221 g/mol. The van der Waals surface area contributed by atoms with Crippen LogP contribution in [-0.4, -0.2) is 27.2 Å². The molecule has 1 aromatic rings. The van der Waals surface area contributed by atoms with Gasteiger partial charge in [-0.2, -0.15) is 0 Å². The number of aromatic nitrogens is 2. The first-order valence-corrected chi connectivity index (χ1v) is 5.90. The van der Waals surface area contributed by atoms with Gasteiger partial charge in [0.2, 0.25) is 0 Å². The number of hydrogen-bond donors (Lipinski definition) is 2. The second-order valence-corrected chi connectivity index (χ2v) is 4.59. The molecular weight excluding hydrogens is 202 g/mol. The van der Waals surface area contributed by atoms with Crippen LogP contribution in [0.15, 0.2) is 6.07 Å². The Morgan fingerprint density at radius 2 is 1.88 bits per heavy atom. The van der Waals surface area contributed by atoms with Gasteiger partial charge in [-0.1, -0.05) is 0 Å². The van der Waals surface area contributed by atoms with E-state index >= 15 is 0 Å². The Balaban J connectivity index is 1.98. The molecule has 0 unspecified atom stereocenters. The van der Waals surface area contributed by atoms with Crippen LogP contribution in [-0.2, 0) is 0 Å². The number of nitrogens with zero attached hydrogens (tertiary/aromatic N) is 2. The molecule has 0 atom stereocenters. The monoisotopic (exact) mass is 221 g/mol. The molecule has 1 aromatic heterocycles. The van der Waals surface area contributed by atoms with Crippen molar-refractivity contribution in [3.05, 3.63) is 17.6 Å². The van der Waals surface area contributed by atoms with Crippen LogP contribution >= 0.6 is 0 Å². The number of nitrogens with one attached hydrogen (secondary N) is 1. The Bertz CT molecular complexity index is 339. The zero-order valence-corrected chi connectivity index (χ0v) is 9.90. The van der Waals surface area contributed by atoms with E-state index < -0.39 is 0 Å². The van der Waals surface area contributed by atoms with Crippen LogP contribution in [0.4, 0.5) is 5.82 Å². The van der Waals surface area contributed by atoms with E-state index in [1.807, 2.05) is 19.9 Å². The third kappa shape index (κ3) is 2.92. The summed E-state index contributed by atoms with van der Waals surface area (Å²) >= 11 is 0. The number of aryl methyl sites for hydroxylation is 2. The third-order valence-electron chi connectivity index (χ3n) is 3.01. The minimum absolute atomic E-state index is 0.105. The van der Waals surface area contributed by atoms with Crippen molar-refractivity contribution in [3.63, 3.8) is 0 Å². The molecule has 1 fully saturated rings. The molecule has 16 heavy (non-hydrogen) atoms. The lowest BCUT2D eigenvalue weighted by Gasteiger charge is -2.26. The maximum Gasteiger partial charge on any atom is 0.130 e. The van der Waals surface area contributed by atoms with E-state index in [1.54, 1.807) is 0 Å². The SMILES string of the molecule is Cc1cc(NC2CCC(O)CC2)nc(C)n1. The second-order valence-electron chi connectivity index (χ2n) is 4.59. The zero-order chi connectivity index (χ0) is 11.5. The summed E-state index contributed by atoms with van der Waals surface area (Å²) in [5.74, 6) is 1.71. The van der Waals surface area contributed by atoms with Gasteiger partial charge in [0.05, 0.1) is 6.10 Å². The highest BCUT2D eigenvalue weighted by molar-refractivity contribution is 5.36. The minimum atomic E-state index is -0.105. The van der Waals surface area contributed by atoms with Gasteiger partial charge in [0.1, 0.15) is 11.6 Å². The Labute approximate surface area is 96.1 Å². The molecule has 1 aliphatic carbocycles. The Kier molecular flexibility index (Phi) is 3.39. The largest absolute Gasteiger partial charge is 0.393 e. The van der Waals surface area contributed by atoms with Crippen molar-refractivity contribution in [2.75, 3.05) is 5.32 Å². The summed E-state index contributed by atoms with van der Waals surface area (Å²) < 4.78 is 0. The molecule has 0 spiro atoms. The smallest absolute Gasteiger partial charge is 0.130 e. The van der Waals surface area contributed by atoms with Crippen LogP contribution in [0.3, 0.4) is 0 Å². The van der Waals surface area contributed by atoms with Crippen LogP contribution in [0.2, 0.25) is 0 Å². The van der Waals surface area contributed by atoms with Crippen molar-refractivity contribution in [1.29, 1.82) is 0 Å². The standard InChI is InChI=1S/C12H19N3O/c1-8-7-12(14-9(2)13-8)15-10-3-5-11(16)6-4-10/h7,10-11,16H,3-6H2,1-2H3,(H,13,14,15). The highest BCUT2D eigenvalue weighted by Gasteiger charge is 2.19. The summed E-state index contributed by atoms with van der Waals surface area (Å²) in [4.78, 5) is 8.61. The lowest BCUT2D eigenvalue weighted by atomic mass is 9.93. The van der Waals surface area contributed by atoms with E-state index in [2.05, 4.69) is 15.3 Å². The molecule has 88 valence electrons. The number of anilines is 1.